The third-order valence-corrected chi connectivity index (χ3v) is 10.9. The van der Waals surface area contributed by atoms with Crippen molar-refractivity contribution in [1.29, 1.82) is 0 Å². The van der Waals surface area contributed by atoms with Crippen LogP contribution in [0.2, 0.25) is 0 Å². The summed E-state index contributed by atoms with van der Waals surface area (Å²) in [5, 5.41) is 25.1. The molecule has 0 heterocycles. The Labute approximate surface area is 259 Å². The van der Waals surface area contributed by atoms with Crippen molar-refractivity contribution >= 4 is 23.7 Å². The summed E-state index contributed by atoms with van der Waals surface area (Å²) in [6, 6.07) is 0. The van der Waals surface area contributed by atoms with Gasteiger partial charge in [-0.3, -0.25) is 4.79 Å². The molecule has 9 heteroatoms. The van der Waals surface area contributed by atoms with Crippen molar-refractivity contribution < 1.29 is 43.6 Å². The third kappa shape index (κ3) is 4.66. The molecule has 0 amide bonds. The van der Waals surface area contributed by atoms with E-state index in [1.165, 1.54) is 0 Å². The van der Waals surface area contributed by atoms with Crippen LogP contribution in [-0.2, 0) is 33.4 Å². The predicted octanol–water partition coefficient (Wildman–Crippen LogP) is 4.48. The van der Waals surface area contributed by atoms with Crippen LogP contribution in [0.4, 0.5) is 0 Å². The van der Waals surface area contributed by atoms with Crippen molar-refractivity contribution in [2.24, 2.45) is 29.1 Å². The molecule has 0 spiro atoms. The topological polar surface area (TPSA) is 136 Å². The van der Waals surface area contributed by atoms with Gasteiger partial charge >= 0.3 is 17.9 Å². The number of aliphatic hydroxyl groups is 2. The molecule has 0 aliphatic heterocycles. The number of hydrogen-bond donors (Lipinski definition) is 2. The van der Waals surface area contributed by atoms with Crippen LogP contribution in [0.5, 0.6) is 0 Å². The van der Waals surface area contributed by atoms with E-state index < -0.39 is 75.7 Å². The van der Waals surface area contributed by atoms with Crippen LogP contribution in [0.15, 0.2) is 58.2 Å². The lowest BCUT2D eigenvalue weighted by Gasteiger charge is -2.53. The van der Waals surface area contributed by atoms with Crippen LogP contribution < -0.4 is 0 Å². The molecular formula is C35H46O9. The molecule has 8 unspecified atom stereocenters. The summed E-state index contributed by atoms with van der Waals surface area (Å²) in [6.45, 7) is 16.9. The van der Waals surface area contributed by atoms with E-state index in [0.717, 1.165) is 0 Å². The van der Waals surface area contributed by atoms with Crippen molar-refractivity contribution in [2.75, 3.05) is 6.61 Å². The zero-order valence-electron chi connectivity index (χ0n) is 27.4. The molecule has 44 heavy (non-hydrogen) atoms. The zero-order chi connectivity index (χ0) is 33.2. The van der Waals surface area contributed by atoms with Gasteiger partial charge in [0.15, 0.2) is 11.4 Å². The fourth-order valence-corrected chi connectivity index (χ4v) is 7.88. The number of hydrogen-bond acceptors (Lipinski definition) is 9. The number of carbonyl (C=O) groups excluding carboxylic acids is 4. The number of rotatable bonds is 7. The first-order valence-corrected chi connectivity index (χ1v) is 15.3. The Hall–Kier alpha value is -3.30. The minimum absolute atomic E-state index is 0.169. The maximum absolute atomic E-state index is 13.6. The van der Waals surface area contributed by atoms with Crippen LogP contribution in [0, 0.1) is 29.1 Å². The molecule has 0 saturated heterocycles. The van der Waals surface area contributed by atoms with Gasteiger partial charge in [0.2, 0.25) is 0 Å². The fraction of sp³-hybridized carbons (Fsp3) is 0.600. The van der Waals surface area contributed by atoms with E-state index in [9.17, 15) is 29.4 Å². The lowest BCUT2D eigenvalue weighted by molar-refractivity contribution is -0.226. The van der Waals surface area contributed by atoms with Crippen LogP contribution in [0.1, 0.15) is 75.7 Å². The zero-order valence-corrected chi connectivity index (χ0v) is 27.4. The molecule has 4 rings (SSSR count). The van der Waals surface area contributed by atoms with Gasteiger partial charge in [-0.1, -0.05) is 51.2 Å². The summed E-state index contributed by atoms with van der Waals surface area (Å²) in [5.41, 5.74) is -4.09. The van der Waals surface area contributed by atoms with Crippen molar-refractivity contribution in [3.05, 3.63) is 58.2 Å². The van der Waals surface area contributed by atoms with E-state index in [0.29, 0.717) is 27.9 Å². The summed E-state index contributed by atoms with van der Waals surface area (Å²) < 4.78 is 18.0. The Morgan fingerprint density at radius 2 is 1.48 bits per heavy atom. The minimum Gasteiger partial charge on any atom is -0.458 e. The first-order chi connectivity index (χ1) is 20.4. The Bertz CT molecular complexity index is 1440. The van der Waals surface area contributed by atoms with Crippen molar-refractivity contribution in [1.82, 2.24) is 0 Å². The average molecular weight is 611 g/mol. The quantitative estimate of drug-likeness (QED) is 0.185. The van der Waals surface area contributed by atoms with Crippen molar-refractivity contribution in [3.63, 3.8) is 0 Å². The van der Waals surface area contributed by atoms with E-state index in [1.54, 1.807) is 85.8 Å². The number of ether oxygens (including phenoxy) is 3. The number of esters is 3. The highest BCUT2D eigenvalue weighted by molar-refractivity contribution is 6.05. The highest BCUT2D eigenvalue weighted by Crippen LogP contribution is 2.77. The van der Waals surface area contributed by atoms with Gasteiger partial charge in [0.05, 0.1) is 5.60 Å². The van der Waals surface area contributed by atoms with Crippen molar-refractivity contribution in [2.45, 2.75) is 98.6 Å². The maximum atomic E-state index is 13.6. The van der Waals surface area contributed by atoms with Gasteiger partial charge in [0.25, 0.3) is 0 Å². The molecule has 4 aliphatic rings. The molecule has 8 atom stereocenters. The normalized spacial score (nSPS) is 37.9. The number of fused-ring (bicyclic) bond motifs is 5. The second-order valence-electron chi connectivity index (χ2n) is 13.5. The molecule has 4 aliphatic carbocycles. The largest absolute Gasteiger partial charge is 0.458 e. The average Bonchev–Trinajstić information content (AvgIpc) is 3.41. The van der Waals surface area contributed by atoms with Gasteiger partial charge in [-0.2, -0.15) is 0 Å². The van der Waals surface area contributed by atoms with Crippen LogP contribution in [0.3, 0.4) is 0 Å². The monoisotopic (exact) mass is 610 g/mol. The van der Waals surface area contributed by atoms with E-state index in [2.05, 4.69) is 0 Å². The molecule has 0 aromatic rings. The number of carbonyl (C=O) groups is 4. The Morgan fingerprint density at radius 3 is 2.05 bits per heavy atom. The Kier molecular flexibility index (Phi) is 8.59. The summed E-state index contributed by atoms with van der Waals surface area (Å²) in [5.74, 6) is -5.58. The predicted molar refractivity (Wildman–Crippen MR) is 163 cm³/mol. The lowest BCUT2D eigenvalue weighted by atomic mass is 9.59. The first kappa shape index (κ1) is 33.6. The summed E-state index contributed by atoms with van der Waals surface area (Å²) in [7, 11) is 0. The number of Topliss-reactive ketones (excluding diaryl/α,β-unsaturated/α-hetero) is 1. The maximum Gasteiger partial charge on any atom is 0.334 e. The SMILES string of the molecule is C/C=C(/C)C(=O)OC1C(C)C2(O)C(C=C(COC(=O)/C(C)=C/C)CC3(O)C(=O)C(C)=CC32)C2C(C)(C)C12OC(=O)/C(C)=C\C. The first-order valence-electron chi connectivity index (χ1n) is 15.3. The molecule has 240 valence electrons. The molecule has 2 fully saturated rings. The van der Waals surface area contributed by atoms with Gasteiger partial charge in [-0.25, -0.2) is 14.4 Å². The summed E-state index contributed by atoms with van der Waals surface area (Å²) >= 11 is 0. The molecule has 0 aromatic carbocycles. The van der Waals surface area contributed by atoms with E-state index >= 15 is 0 Å². The molecule has 0 radical (unpaired) electrons. The number of allylic oxidation sites excluding steroid dienone is 3. The van der Waals surface area contributed by atoms with Gasteiger partial charge in [0.1, 0.15) is 18.3 Å². The van der Waals surface area contributed by atoms with E-state index in [1.807, 2.05) is 13.8 Å². The molecule has 9 nitrogen and oxygen atoms in total. The van der Waals surface area contributed by atoms with Gasteiger partial charge in [-0.15, -0.1) is 0 Å². The third-order valence-electron chi connectivity index (χ3n) is 10.9. The smallest absolute Gasteiger partial charge is 0.334 e. The molecule has 0 bridgehead atoms. The molecule has 0 aromatic heterocycles. The van der Waals surface area contributed by atoms with E-state index in [4.69, 9.17) is 14.2 Å². The van der Waals surface area contributed by atoms with Crippen molar-refractivity contribution in [3.8, 4) is 0 Å². The highest BCUT2D eigenvalue weighted by atomic mass is 16.6. The second-order valence-corrected chi connectivity index (χ2v) is 13.5. The Morgan fingerprint density at radius 1 is 0.932 bits per heavy atom. The van der Waals surface area contributed by atoms with Gasteiger partial charge in [-0.05, 0) is 59.6 Å². The lowest BCUT2D eigenvalue weighted by Crippen LogP contribution is -2.66. The summed E-state index contributed by atoms with van der Waals surface area (Å²) in [6.07, 6.45) is 6.98. The van der Waals surface area contributed by atoms with Gasteiger partial charge < -0.3 is 24.4 Å². The van der Waals surface area contributed by atoms with Gasteiger partial charge in [0, 0.05) is 52.2 Å². The summed E-state index contributed by atoms with van der Waals surface area (Å²) in [4.78, 5) is 52.8. The van der Waals surface area contributed by atoms with E-state index in [-0.39, 0.29) is 13.0 Å². The standard InChI is InChI=1S/C35H46O9/c1-11-18(4)29(37)42-17-23-15-24-26-32(9,10)35(26,44-31(39)20(6)13-3)28(43-30(38)19(5)12-2)22(8)34(24,41)25-14-21(7)27(36)33(25,40)16-23/h11-15,22,24-26,28,40-41H,16-17H2,1-10H3/b18-11+,19-12-,20-13-. The molecular weight excluding hydrogens is 564 g/mol. The Balaban J connectivity index is 1.94. The van der Waals surface area contributed by atoms with Crippen LogP contribution in [0.25, 0.3) is 0 Å². The van der Waals surface area contributed by atoms with Crippen LogP contribution in [-0.4, -0.2) is 63.4 Å². The minimum atomic E-state index is -2.03. The van der Waals surface area contributed by atoms with Crippen LogP contribution >= 0.6 is 0 Å². The second kappa shape index (κ2) is 11.2. The number of ketones is 1. The highest BCUT2D eigenvalue weighted by Gasteiger charge is 2.88. The molecule has 2 N–H and O–H groups in total. The fourth-order valence-electron chi connectivity index (χ4n) is 7.88. The molecule has 2 saturated carbocycles.